The molecule has 0 aromatic heterocycles. The van der Waals surface area contributed by atoms with Crippen LogP contribution in [0, 0.1) is 5.82 Å². The second-order valence-corrected chi connectivity index (χ2v) is 4.85. The van der Waals surface area contributed by atoms with Crippen LogP contribution in [0.2, 0.25) is 0 Å². The number of nitrogens with zero attached hydrogens (tertiary/aromatic N) is 2. The highest BCUT2D eigenvalue weighted by atomic mass is 35.5. The minimum Gasteiger partial charge on any atom is -0.481 e. The van der Waals surface area contributed by atoms with Crippen LogP contribution < -0.4 is 0 Å². The van der Waals surface area contributed by atoms with Crippen molar-refractivity contribution in [1.82, 2.24) is 9.80 Å². The zero-order valence-corrected chi connectivity index (χ0v) is 12.1. The lowest BCUT2D eigenvalue weighted by Crippen LogP contribution is -2.46. The van der Waals surface area contributed by atoms with Gasteiger partial charge in [-0.3, -0.25) is 9.69 Å². The van der Waals surface area contributed by atoms with E-state index in [0.29, 0.717) is 13.1 Å². The molecule has 0 saturated carbocycles. The van der Waals surface area contributed by atoms with Gasteiger partial charge in [-0.2, -0.15) is 0 Å². The average Bonchev–Trinajstić information content (AvgIpc) is 2.40. The van der Waals surface area contributed by atoms with Crippen molar-refractivity contribution in [1.29, 1.82) is 0 Å². The lowest BCUT2D eigenvalue weighted by molar-refractivity contribution is -0.137. The summed E-state index contributed by atoms with van der Waals surface area (Å²) in [6.45, 7) is 4.63. The highest BCUT2D eigenvalue weighted by Crippen LogP contribution is 2.12. The number of carboxylic acid groups (broad SMARTS) is 1. The number of halogens is 2. The van der Waals surface area contributed by atoms with Crippen LogP contribution in [0.5, 0.6) is 0 Å². The van der Waals surface area contributed by atoms with E-state index in [1.165, 1.54) is 6.07 Å². The summed E-state index contributed by atoms with van der Waals surface area (Å²) in [6.07, 6.45) is 0.188. The summed E-state index contributed by atoms with van der Waals surface area (Å²) >= 11 is 0. The molecule has 1 aliphatic rings. The highest BCUT2D eigenvalue weighted by Gasteiger charge is 2.18. The molecular formula is C14H20ClFN2O2. The summed E-state index contributed by atoms with van der Waals surface area (Å²) in [7, 11) is 0. The third kappa shape index (κ3) is 5.07. The summed E-state index contributed by atoms with van der Waals surface area (Å²) in [5.41, 5.74) is 0.724. The fraction of sp³-hybridized carbons (Fsp3) is 0.500. The predicted octanol–water partition coefficient (Wildman–Crippen LogP) is 1.84. The van der Waals surface area contributed by atoms with Crippen LogP contribution in [-0.4, -0.2) is 53.6 Å². The number of benzene rings is 1. The Morgan fingerprint density at radius 3 is 2.35 bits per heavy atom. The van der Waals surface area contributed by atoms with Gasteiger partial charge in [0.1, 0.15) is 5.82 Å². The molecule has 6 heteroatoms. The lowest BCUT2D eigenvalue weighted by atomic mass is 10.2. The van der Waals surface area contributed by atoms with Gasteiger partial charge in [0.25, 0.3) is 0 Å². The molecule has 0 radical (unpaired) electrons. The Hall–Kier alpha value is -1.17. The van der Waals surface area contributed by atoms with Crippen molar-refractivity contribution in [3.8, 4) is 0 Å². The fourth-order valence-corrected chi connectivity index (χ4v) is 2.29. The van der Waals surface area contributed by atoms with E-state index in [1.807, 2.05) is 12.1 Å². The third-order valence-electron chi connectivity index (χ3n) is 3.46. The second kappa shape index (κ2) is 8.19. The molecule has 1 aliphatic heterocycles. The summed E-state index contributed by atoms with van der Waals surface area (Å²) in [4.78, 5) is 14.9. The van der Waals surface area contributed by atoms with Crippen molar-refractivity contribution < 1.29 is 14.3 Å². The standard InChI is InChI=1S/C14H19FN2O2.ClH/c15-13-4-2-1-3-12(13)11-17-9-7-16(8-10-17)6-5-14(18)19;/h1-4H,5-11H2,(H,18,19);1H. The molecule has 0 atom stereocenters. The molecule has 0 spiro atoms. The second-order valence-electron chi connectivity index (χ2n) is 4.85. The number of piperazine rings is 1. The first kappa shape index (κ1) is 16.9. The van der Waals surface area contributed by atoms with Gasteiger partial charge >= 0.3 is 5.97 Å². The highest BCUT2D eigenvalue weighted by molar-refractivity contribution is 5.85. The van der Waals surface area contributed by atoms with Crippen molar-refractivity contribution >= 4 is 18.4 Å². The predicted molar refractivity (Wildman–Crippen MR) is 77.6 cm³/mol. The van der Waals surface area contributed by atoms with Gasteiger partial charge in [-0.05, 0) is 6.07 Å². The van der Waals surface area contributed by atoms with E-state index in [1.54, 1.807) is 6.07 Å². The molecule has 2 rings (SSSR count). The van der Waals surface area contributed by atoms with Gasteiger partial charge in [-0.25, -0.2) is 4.39 Å². The fourth-order valence-electron chi connectivity index (χ4n) is 2.29. The van der Waals surface area contributed by atoms with Gasteiger partial charge in [0, 0.05) is 44.8 Å². The maximum absolute atomic E-state index is 13.5. The number of hydrogen-bond acceptors (Lipinski definition) is 3. The van der Waals surface area contributed by atoms with E-state index in [4.69, 9.17) is 5.11 Å². The van der Waals surface area contributed by atoms with Crippen LogP contribution in [0.3, 0.4) is 0 Å². The zero-order chi connectivity index (χ0) is 13.7. The Kier molecular flexibility index (Phi) is 6.91. The van der Waals surface area contributed by atoms with Crippen LogP contribution >= 0.6 is 12.4 Å². The minimum atomic E-state index is -0.756. The van der Waals surface area contributed by atoms with Crippen molar-refractivity contribution in [2.24, 2.45) is 0 Å². The van der Waals surface area contributed by atoms with E-state index in [9.17, 15) is 9.18 Å². The van der Waals surface area contributed by atoms with Gasteiger partial charge in [-0.15, -0.1) is 12.4 Å². The minimum absolute atomic E-state index is 0. The third-order valence-corrected chi connectivity index (χ3v) is 3.46. The molecule has 0 unspecified atom stereocenters. The zero-order valence-electron chi connectivity index (χ0n) is 11.3. The SMILES string of the molecule is Cl.O=C(O)CCN1CCN(Cc2ccccc2F)CC1. The van der Waals surface area contributed by atoms with Gasteiger partial charge < -0.3 is 10.0 Å². The molecule has 20 heavy (non-hydrogen) atoms. The first-order valence-corrected chi connectivity index (χ1v) is 6.55. The quantitative estimate of drug-likeness (QED) is 0.901. The number of carbonyl (C=O) groups is 1. The number of aliphatic carboxylic acids is 1. The maximum atomic E-state index is 13.5. The first-order valence-electron chi connectivity index (χ1n) is 6.55. The molecule has 0 aliphatic carbocycles. The van der Waals surface area contributed by atoms with Gasteiger partial charge in [0.2, 0.25) is 0 Å². The molecule has 1 aromatic rings. The average molecular weight is 303 g/mol. The molecule has 1 heterocycles. The smallest absolute Gasteiger partial charge is 0.304 e. The van der Waals surface area contributed by atoms with Crippen molar-refractivity contribution in [3.05, 3.63) is 35.6 Å². The summed E-state index contributed by atoms with van der Waals surface area (Å²) in [5, 5.41) is 8.64. The number of hydrogen-bond donors (Lipinski definition) is 1. The van der Waals surface area contributed by atoms with Crippen LogP contribution in [-0.2, 0) is 11.3 Å². The van der Waals surface area contributed by atoms with Crippen molar-refractivity contribution in [2.45, 2.75) is 13.0 Å². The molecule has 1 fully saturated rings. The molecular weight excluding hydrogens is 283 g/mol. The lowest BCUT2D eigenvalue weighted by Gasteiger charge is -2.34. The van der Waals surface area contributed by atoms with Gasteiger partial charge in [-0.1, -0.05) is 18.2 Å². The van der Waals surface area contributed by atoms with Crippen LogP contribution in [0.4, 0.5) is 4.39 Å². The Morgan fingerprint density at radius 2 is 1.75 bits per heavy atom. The number of carboxylic acids is 1. The van der Waals surface area contributed by atoms with E-state index in [-0.39, 0.29) is 24.6 Å². The summed E-state index contributed by atoms with van der Waals surface area (Å²) in [6, 6.07) is 6.84. The molecule has 0 amide bonds. The molecule has 0 bridgehead atoms. The van der Waals surface area contributed by atoms with Crippen molar-refractivity contribution in [2.75, 3.05) is 32.7 Å². The monoisotopic (exact) mass is 302 g/mol. The maximum Gasteiger partial charge on any atom is 0.304 e. The molecule has 1 N–H and O–H groups in total. The van der Waals surface area contributed by atoms with Gasteiger partial charge in [0.05, 0.1) is 6.42 Å². The van der Waals surface area contributed by atoms with E-state index in [0.717, 1.165) is 31.7 Å². The summed E-state index contributed by atoms with van der Waals surface area (Å²) in [5.74, 6) is -0.912. The van der Waals surface area contributed by atoms with E-state index >= 15 is 0 Å². The molecule has 4 nitrogen and oxygen atoms in total. The summed E-state index contributed by atoms with van der Waals surface area (Å²) < 4.78 is 13.5. The van der Waals surface area contributed by atoms with Gasteiger partial charge in [0.15, 0.2) is 0 Å². The Labute approximate surface area is 124 Å². The largest absolute Gasteiger partial charge is 0.481 e. The Balaban J connectivity index is 0.00000200. The van der Waals surface area contributed by atoms with Crippen LogP contribution in [0.15, 0.2) is 24.3 Å². The number of rotatable bonds is 5. The molecule has 1 saturated heterocycles. The normalized spacial score (nSPS) is 16.6. The Bertz CT molecular complexity index is 437. The van der Waals surface area contributed by atoms with Crippen molar-refractivity contribution in [3.63, 3.8) is 0 Å². The molecule has 1 aromatic carbocycles. The van der Waals surface area contributed by atoms with Crippen LogP contribution in [0.25, 0.3) is 0 Å². The first-order chi connectivity index (χ1) is 9.15. The van der Waals surface area contributed by atoms with E-state index < -0.39 is 5.97 Å². The van der Waals surface area contributed by atoms with E-state index in [2.05, 4.69) is 9.80 Å². The molecule has 112 valence electrons. The Morgan fingerprint density at radius 1 is 1.15 bits per heavy atom. The topological polar surface area (TPSA) is 43.8 Å². The van der Waals surface area contributed by atoms with Crippen LogP contribution in [0.1, 0.15) is 12.0 Å².